The molecule has 0 spiro atoms. The van der Waals surface area contributed by atoms with Gasteiger partial charge in [0.15, 0.2) is 0 Å². The largest absolute Gasteiger partial charge is 0.229 e. The number of nitrogens with zero attached hydrogens (tertiary/aromatic N) is 1. The Morgan fingerprint density at radius 3 is 2.50 bits per heavy atom. The number of rotatable bonds is 2. The van der Waals surface area contributed by atoms with E-state index in [0.29, 0.717) is 6.04 Å². The molecule has 2 fully saturated rings. The smallest absolute Gasteiger partial charge is 0.0633 e. The maximum Gasteiger partial charge on any atom is 0.0633 e. The predicted octanol–water partition coefficient (Wildman–Crippen LogP) is 3.06. The summed E-state index contributed by atoms with van der Waals surface area (Å²) >= 11 is 4.68. The second kappa shape index (κ2) is 3.68. The number of isothiocyanates is 1. The van der Waals surface area contributed by atoms with Gasteiger partial charge in [0.05, 0.1) is 11.2 Å². The first-order valence-corrected chi connectivity index (χ1v) is 5.39. The van der Waals surface area contributed by atoms with Gasteiger partial charge in [0.25, 0.3) is 0 Å². The number of thiocarbonyl (C=S) groups is 1. The van der Waals surface area contributed by atoms with Crippen LogP contribution in [0.15, 0.2) is 4.99 Å². The van der Waals surface area contributed by atoms with Crippen molar-refractivity contribution in [3.05, 3.63) is 0 Å². The molecule has 2 rings (SSSR count). The van der Waals surface area contributed by atoms with Crippen LogP contribution in [0.5, 0.6) is 0 Å². The molecule has 0 saturated heterocycles. The summed E-state index contributed by atoms with van der Waals surface area (Å²) in [5, 5.41) is 2.56. The Morgan fingerprint density at radius 1 is 1.08 bits per heavy atom. The van der Waals surface area contributed by atoms with Crippen molar-refractivity contribution < 1.29 is 0 Å². The van der Waals surface area contributed by atoms with Gasteiger partial charge in [-0.25, -0.2) is 4.99 Å². The van der Waals surface area contributed by atoms with Crippen LogP contribution in [0.3, 0.4) is 0 Å². The summed E-state index contributed by atoms with van der Waals surface area (Å²) in [7, 11) is 0. The highest BCUT2D eigenvalue weighted by atomic mass is 32.1. The van der Waals surface area contributed by atoms with Crippen LogP contribution in [-0.4, -0.2) is 11.2 Å². The zero-order chi connectivity index (χ0) is 8.39. The summed E-state index contributed by atoms with van der Waals surface area (Å²) in [6.45, 7) is 0. The summed E-state index contributed by atoms with van der Waals surface area (Å²) < 4.78 is 0. The lowest BCUT2D eigenvalue weighted by Crippen LogP contribution is -2.24. The molecule has 12 heavy (non-hydrogen) atoms. The number of hydrogen-bond donors (Lipinski definition) is 0. The minimum atomic E-state index is 0.531. The van der Waals surface area contributed by atoms with E-state index in [4.69, 9.17) is 0 Å². The van der Waals surface area contributed by atoms with Crippen molar-refractivity contribution in [1.29, 1.82) is 0 Å². The zero-order valence-electron chi connectivity index (χ0n) is 7.33. The van der Waals surface area contributed by atoms with Crippen LogP contribution in [0.4, 0.5) is 0 Å². The van der Waals surface area contributed by atoms with Gasteiger partial charge in [0.2, 0.25) is 0 Å². The van der Waals surface area contributed by atoms with Crippen LogP contribution in [-0.2, 0) is 0 Å². The highest BCUT2D eigenvalue weighted by Crippen LogP contribution is 2.44. The van der Waals surface area contributed by atoms with Gasteiger partial charge in [-0.1, -0.05) is 12.8 Å². The van der Waals surface area contributed by atoms with E-state index < -0.39 is 0 Å². The van der Waals surface area contributed by atoms with Crippen molar-refractivity contribution >= 4 is 17.4 Å². The quantitative estimate of drug-likeness (QED) is 0.471. The van der Waals surface area contributed by atoms with Crippen LogP contribution in [0, 0.1) is 11.8 Å². The van der Waals surface area contributed by atoms with E-state index in [-0.39, 0.29) is 0 Å². The predicted molar refractivity (Wildman–Crippen MR) is 53.5 cm³/mol. The number of hydrogen-bond acceptors (Lipinski definition) is 2. The van der Waals surface area contributed by atoms with Crippen LogP contribution in [0.25, 0.3) is 0 Å². The molecule has 0 heterocycles. The van der Waals surface area contributed by atoms with E-state index in [1.807, 2.05) is 0 Å². The number of aliphatic imine (C=N–C) groups is 1. The van der Waals surface area contributed by atoms with Crippen molar-refractivity contribution in [2.75, 3.05) is 0 Å². The van der Waals surface area contributed by atoms with Gasteiger partial charge in [-0.3, -0.25) is 0 Å². The molecule has 0 aliphatic heterocycles. The molecule has 2 unspecified atom stereocenters. The molecule has 66 valence electrons. The third kappa shape index (κ3) is 1.75. The molecule has 0 aromatic rings. The van der Waals surface area contributed by atoms with Gasteiger partial charge in [0.1, 0.15) is 0 Å². The molecule has 0 bridgehead atoms. The molecule has 2 aliphatic rings. The molecular formula is C10H15NS. The molecular weight excluding hydrogens is 166 g/mol. The van der Waals surface area contributed by atoms with E-state index in [1.54, 1.807) is 0 Å². The zero-order valence-corrected chi connectivity index (χ0v) is 8.15. The third-order valence-corrected chi connectivity index (χ3v) is 3.33. The fourth-order valence-electron chi connectivity index (χ4n) is 2.44. The Morgan fingerprint density at radius 2 is 1.83 bits per heavy atom. The van der Waals surface area contributed by atoms with Gasteiger partial charge in [-0.15, -0.1) is 0 Å². The topological polar surface area (TPSA) is 12.4 Å². The maximum atomic E-state index is 4.68. The van der Waals surface area contributed by atoms with Crippen molar-refractivity contribution in [2.45, 2.75) is 44.6 Å². The van der Waals surface area contributed by atoms with Gasteiger partial charge < -0.3 is 0 Å². The second-order valence-electron chi connectivity index (χ2n) is 4.07. The monoisotopic (exact) mass is 181 g/mol. The maximum absolute atomic E-state index is 4.68. The lowest BCUT2D eigenvalue weighted by molar-refractivity contribution is 0.279. The molecule has 1 nitrogen and oxygen atoms in total. The van der Waals surface area contributed by atoms with Crippen LogP contribution >= 0.6 is 12.2 Å². The summed E-state index contributed by atoms with van der Waals surface area (Å²) in [4.78, 5) is 4.29. The van der Waals surface area contributed by atoms with Crippen molar-refractivity contribution in [3.8, 4) is 0 Å². The van der Waals surface area contributed by atoms with Crippen molar-refractivity contribution in [1.82, 2.24) is 0 Å². The first-order chi connectivity index (χ1) is 5.92. The van der Waals surface area contributed by atoms with Crippen LogP contribution in [0.1, 0.15) is 38.5 Å². The standard InChI is InChI=1S/C10H15NS/c12-7-11-10-4-2-1-3-9(10)8-5-6-8/h8-10H,1-6H2. The summed E-state index contributed by atoms with van der Waals surface area (Å²) in [5.74, 6) is 1.84. The average molecular weight is 181 g/mol. The molecule has 2 saturated carbocycles. The highest BCUT2D eigenvalue weighted by molar-refractivity contribution is 7.78. The average Bonchev–Trinajstić information content (AvgIpc) is 2.89. The molecule has 0 amide bonds. The second-order valence-corrected chi connectivity index (χ2v) is 4.26. The highest BCUT2D eigenvalue weighted by Gasteiger charge is 2.37. The lowest BCUT2D eigenvalue weighted by Gasteiger charge is -2.27. The molecule has 2 heteroatoms. The summed E-state index contributed by atoms with van der Waals surface area (Å²) in [6, 6.07) is 0.531. The fourth-order valence-corrected chi connectivity index (χ4v) is 2.58. The third-order valence-electron chi connectivity index (χ3n) is 3.23. The van der Waals surface area contributed by atoms with E-state index in [9.17, 15) is 0 Å². The molecule has 0 radical (unpaired) electrons. The Labute approximate surface area is 79.3 Å². The minimum Gasteiger partial charge on any atom is -0.229 e. The van der Waals surface area contributed by atoms with Crippen LogP contribution in [0.2, 0.25) is 0 Å². The Balaban J connectivity index is 2.00. The van der Waals surface area contributed by atoms with Crippen LogP contribution < -0.4 is 0 Å². The lowest BCUT2D eigenvalue weighted by atomic mass is 9.82. The summed E-state index contributed by atoms with van der Waals surface area (Å²) in [5.41, 5.74) is 0. The van der Waals surface area contributed by atoms with Gasteiger partial charge >= 0.3 is 0 Å². The van der Waals surface area contributed by atoms with Gasteiger partial charge in [0, 0.05) is 0 Å². The SMILES string of the molecule is S=C=NC1CCCCC1C1CC1. The fraction of sp³-hybridized carbons (Fsp3) is 0.900. The van der Waals surface area contributed by atoms with E-state index in [2.05, 4.69) is 22.4 Å². The molecule has 2 aliphatic carbocycles. The van der Waals surface area contributed by atoms with Crippen molar-refractivity contribution in [2.24, 2.45) is 16.8 Å². The molecule has 0 aromatic carbocycles. The normalized spacial score (nSPS) is 35.7. The molecule has 0 N–H and O–H groups in total. The Bertz CT molecular complexity index is 204. The van der Waals surface area contributed by atoms with E-state index in [1.165, 1.54) is 38.5 Å². The Kier molecular flexibility index (Phi) is 2.57. The van der Waals surface area contributed by atoms with E-state index >= 15 is 0 Å². The first kappa shape index (κ1) is 8.40. The summed E-state index contributed by atoms with van der Waals surface area (Å²) in [6.07, 6.45) is 8.27. The minimum absolute atomic E-state index is 0.531. The molecule has 0 aromatic heterocycles. The Hall–Kier alpha value is -0.200. The van der Waals surface area contributed by atoms with Crippen molar-refractivity contribution in [3.63, 3.8) is 0 Å². The van der Waals surface area contributed by atoms with E-state index in [0.717, 1.165) is 11.8 Å². The molecule has 2 atom stereocenters. The first-order valence-electron chi connectivity index (χ1n) is 4.99. The van der Waals surface area contributed by atoms with Gasteiger partial charge in [-0.05, 0) is 49.7 Å². The van der Waals surface area contributed by atoms with Gasteiger partial charge in [-0.2, -0.15) is 0 Å².